The molecule has 33 heavy (non-hydrogen) atoms. The predicted molar refractivity (Wildman–Crippen MR) is 128 cm³/mol. The Hall–Kier alpha value is -3.12. The van der Waals surface area contributed by atoms with E-state index in [1.807, 2.05) is 45.0 Å². The monoisotopic (exact) mass is 451 g/mol. The van der Waals surface area contributed by atoms with Gasteiger partial charge in [-0.05, 0) is 49.9 Å². The Morgan fingerprint density at radius 1 is 1.06 bits per heavy atom. The van der Waals surface area contributed by atoms with Gasteiger partial charge >= 0.3 is 0 Å². The Balaban J connectivity index is 2.06. The maximum atomic E-state index is 13.1. The maximum Gasteiger partial charge on any atom is 0.295 e. The number of amides is 1. The third kappa shape index (κ3) is 5.63. The molecule has 0 radical (unpaired) electrons. The fourth-order valence-electron chi connectivity index (χ4n) is 3.87. The molecule has 1 unspecified atom stereocenters. The number of hydrogen-bond donors (Lipinski definition) is 1. The van der Waals surface area contributed by atoms with Gasteiger partial charge in [-0.1, -0.05) is 50.2 Å². The van der Waals surface area contributed by atoms with Gasteiger partial charge in [0.15, 0.2) is 0 Å². The van der Waals surface area contributed by atoms with E-state index >= 15 is 0 Å². The number of nitrogens with zero attached hydrogens (tertiary/aromatic N) is 1. The molecule has 0 bridgehead atoms. The molecule has 1 fully saturated rings. The molecule has 1 aliphatic rings. The molecule has 2 aromatic carbocycles. The van der Waals surface area contributed by atoms with E-state index in [2.05, 4.69) is 13.8 Å². The van der Waals surface area contributed by atoms with Crippen LogP contribution in [0.3, 0.4) is 0 Å². The van der Waals surface area contributed by atoms with Crippen LogP contribution < -0.4 is 4.74 Å². The molecule has 3 rings (SSSR count). The number of aryl methyl sites for hydroxylation is 1. The molecule has 6 heteroatoms. The van der Waals surface area contributed by atoms with Gasteiger partial charge in [-0.3, -0.25) is 9.59 Å². The maximum absolute atomic E-state index is 13.1. The molecule has 0 aliphatic carbocycles. The number of aliphatic hydroxyl groups is 1. The summed E-state index contributed by atoms with van der Waals surface area (Å²) in [4.78, 5) is 27.7. The first kappa shape index (κ1) is 24.5. The predicted octanol–water partition coefficient (Wildman–Crippen LogP) is 4.88. The number of aliphatic hydroxyl groups excluding tert-OH is 1. The normalized spacial score (nSPS) is 17.9. The van der Waals surface area contributed by atoms with Crippen molar-refractivity contribution in [2.24, 2.45) is 5.92 Å². The van der Waals surface area contributed by atoms with Crippen molar-refractivity contribution in [3.63, 3.8) is 0 Å². The Kier molecular flexibility index (Phi) is 7.92. The molecule has 2 aromatic rings. The smallest absolute Gasteiger partial charge is 0.295 e. The van der Waals surface area contributed by atoms with Crippen LogP contribution in [0.1, 0.15) is 50.4 Å². The van der Waals surface area contributed by atoms with Crippen molar-refractivity contribution in [3.8, 4) is 5.75 Å². The Morgan fingerprint density at radius 2 is 1.79 bits per heavy atom. The number of benzene rings is 2. The fourth-order valence-corrected chi connectivity index (χ4v) is 3.87. The lowest BCUT2D eigenvalue weighted by Gasteiger charge is -2.26. The zero-order chi connectivity index (χ0) is 24.1. The number of carbonyl (C=O) groups is 2. The van der Waals surface area contributed by atoms with E-state index in [1.165, 1.54) is 4.90 Å². The number of rotatable bonds is 9. The Labute approximate surface area is 195 Å². The summed E-state index contributed by atoms with van der Waals surface area (Å²) in [5.41, 5.74) is 2.25. The largest absolute Gasteiger partial charge is 0.507 e. The van der Waals surface area contributed by atoms with Crippen LogP contribution in [-0.4, -0.2) is 47.6 Å². The van der Waals surface area contributed by atoms with E-state index in [0.29, 0.717) is 30.4 Å². The highest BCUT2D eigenvalue weighted by Crippen LogP contribution is 2.40. The number of likely N-dealkylation sites (tertiary alicyclic amines) is 1. The molecular formula is C27H33NO5. The highest BCUT2D eigenvalue weighted by Gasteiger charge is 2.46. The van der Waals surface area contributed by atoms with Crippen LogP contribution in [0, 0.1) is 12.8 Å². The van der Waals surface area contributed by atoms with Gasteiger partial charge in [0.1, 0.15) is 11.5 Å². The van der Waals surface area contributed by atoms with Crippen molar-refractivity contribution in [1.29, 1.82) is 0 Å². The molecule has 0 aromatic heterocycles. The van der Waals surface area contributed by atoms with Crippen LogP contribution in [0.15, 0.2) is 54.1 Å². The van der Waals surface area contributed by atoms with Gasteiger partial charge in [0.25, 0.3) is 11.7 Å². The van der Waals surface area contributed by atoms with Gasteiger partial charge in [0.2, 0.25) is 0 Å². The standard InChI is InChI=1S/C27H33NO5/c1-17(2)16-33-21-11-8-10-20(15-21)25(29)23-24(22-12-7-6-9-19(22)5)28(27(31)26(23)30)13-14-32-18(3)4/h6-12,15,17-18,24,29H,13-14,16H2,1-5H3/b25-23+. The molecule has 1 heterocycles. The van der Waals surface area contributed by atoms with Gasteiger partial charge in [-0.15, -0.1) is 0 Å². The van der Waals surface area contributed by atoms with Gasteiger partial charge in [0.05, 0.1) is 30.9 Å². The lowest BCUT2D eigenvalue weighted by Crippen LogP contribution is -2.33. The summed E-state index contributed by atoms with van der Waals surface area (Å²) in [6.45, 7) is 10.9. The van der Waals surface area contributed by atoms with Crippen LogP contribution in [0.5, 0.6) is 5.75 Å². The second-order valence-corrected chi connectivity index (χ2v) is 9.00. The minimum Gasteiger partial charge on any atom is -0.507 e. The summed E-state index contributed by atoms with van der Waals surface area (Å²) in [6, 6.07) is 13.9. The van der Waals surface area contributed by atoms with Crippen molar-refractivity contribution in [1.82, 2.24) is 4.90 Å². The van der Waals surface area contributed by atoms with Gasteiger partial charge < -0.3 is 19.5 Å². The van der Waals surface area contributed by atoms with Gasteiger partial charge in [-0.25, -0.2) is 0 Å². The van der Waals surface area contributed by atoms with Crippen LogP contribution in [0.2, 0.25) is 0 Å². The first-order valence-electron chi connectivity index (χ1n) is 11.4. The van der Waals surface area contributed by atoms with E-state index in [4.69, 9.17) is 9.47 Å². The van der Waals surface area contributed by atoms with Gasteiger partial charge in [-0.2, -0.15) is 0 Å². The number of ketones is 1. The molecule has 1 aliphatic heterocycles. The van der Waals surface area contributed by atoms with Gasteiger partial charge in [0, 0.05) is 12.1 Å². The summed E-state index contributed by atoms with van der Waals surface area (Å²) in [5, 5.41) is 11.3. The van der Waals surface area contributed by atoms with Crippen molar-refractivity contribution >= 4 is 17.4 Å². The number of hydrogen-bond acceptors (Lipinski definition) is 5. The molecule has 176 valence electrons. The van der Waals surface area contributed by atoms with Crippen LogP contribution in [-0.2, 0) is 14.3 Å². The van der Waals surface area contributed by atoms with Crippen LogP contribution >= 0.6 is 0 Å². The first-order chi connectivity index (χ1) is 15.7. The number of ether oxygens (including phenoxy) is 2. The molecule has 6 nitrogen and oxygen atoms in total. The lowest BCUT2D eigenvalue weighted by atomic mass is 9.92. The second kappa shape index (κ2) is 10.7. The van der Waals surface area contributed by atoms with Crippen molar-refractivity contribution in [3.05, 3.63) is 70.8 Å². The summed E-state index contributed by atoms with van der Waals surface area (Å²) in [5.74, 6) is -0.589. The summed E-state index contributed by atoms with van der Waals surface area (Å²) in [6.07, 6.45) is 0.00677. The molecule has 1 atom stereocenters. The molecule has 1 saturated heterocycles. The number of carbonyl (C=O) groups excluding carboxylic acids is 2. The third-order valence-electron chi connectivity index (χ3n) is 5.50. The molecule has 1 amide bonds. The average molecular weight is 452 g/mol. The summed E-state index contributed by atoms with van der Waals surface area (Å²) in [7, 11) is 0. The van der Waals surface area contributed by atoms with Crippen LogP contribution in [0.25, 0.3) is 5.76 Å². The molecule has 0 saturated carbocycles. The molecular weight excluding hydrogens is 418 g/mol. The first-order valence-corrected chi connectivity index (χ1v) is 11.4. The zero-order valence-electron chi connectivity index (χ0n) is 20.0. The Bertz CT molecular complexity index is 1040. The molecule has 1 N–H and O–H groups in total. The zero-order valence-corrected chi connectivity index (χ0v) is 20.0. The summed E-state index contributed by atoms with van der Waals surface area (Å²) < 4.78 is 11.4. The topological polar surface area (TPSA) is 76.1 Å². The van der Waals surface area contributed by atoms with Crippen LogP contribution in [0.4, 0.5) is 0 Å². The highest BCUT2D eigenvalue weighted by molar-refractivity contribution is 6.46. The third-order valence-corrected chi connectivity index (χ3v) is 5.50. The summed E-state index contributed by atoms with van der Waals surface area (Å²) >= 11 is 0. The van der Waals surface area contributed by atoms with E-state index in [-0.39, 0.29) is 24.0 Å². The minimum atomic E-state index is -0.696. The average Bonchev–Trinajstić information content (AvgIpc) is 3.02. The van der Waals surface area contributed by atoms with E-state index < -0.39 is 17.7 Å². The van der Waals surface area contributed by atoms with Crippen molar-refractivity contribution < 1.29 is 24.2 Å². The Morgan fingerprint density at radius 3 is 2.45 bits per heavy atom. The lowest BCUT2D eigenvalue weighted by molar-refractivity contribution is -0.140. The van der Waals surface area contributed by atoms with E-state index in [9.17, 15) is 14.7 Å². The highest BCUT2D eigenvalue weighted by atomic mass is 16.5. The second-order valence-electron chi connectivity index (χ2n) is 9.00. The van der Waals surface area contributed by atoms with Crippen molar-refractivity contribution in [2.75, 3.05) is 19.8 Å². The number of Topliss-reactive ketones (excluding diaryl/α,β-unsaturated/α-hetero) is 1. The fraction of sp³-hybridized carbons (Fsp3) is 0.407. The van der Waals surface area contributed by atoms with E-state index in [0.717, 1.165) is 11.1 Å². The minimum absolute atomic E-state index is 0.00677. The quantitative estimate of drug-likeness (QED) is 0.334. The SMILES string of the molecule is Cc1ccccc1C1/C(=C(\O)c2cccc(OCC(C)C)c2)C(=O)C(=O)N1CCOC(C)C. The van der Waals surface area contributed by atoms with E-state index in [1.54, 1.807) is 24.3 Å². The van der Waals surface area contributed by atoms with Crippen molar-refractivity contribution in [2.45, 2.75) is 46.8 Å². The molecule has 0 spiro atoms.